The number of aromatic nitrogens is 2. The molecule has 24 heavy (non-hydrogen) atoms. The third kappa shape index (κ3) is 2.62. The molecule has 0 radical (unpaired) electrons. The summed E-state index contributed by atoms with van der Waals surface area (Å²) in [4.78, 5) is 41.5. The number of aromatic amines is 2. The fourth-order valence-electron chi connectivity index (χ4n) is 3.54. The Morgan fingerprint density at radius 2 is 1.79 bits per heavy atom. The Labute approximate surface area is 137 Å². The maximum Gasteiger partial charge on any atom is 0.314 e. The molecule has 8 nitrogen and oxygen atoms in total. The van der Waals surface area contributed by atoms with E-state index in [9.17, 15) is 19.7 Å². The highest BCUT2D eigenvalue weighted by molar-refractivity contribution is 5.82. The van der Waals surface area contributed by atoms with E-state index in [0.29, 0.717) is 35.3 Å². The number of nitro benzene ring substituents is 1. The SMILES string of the molecule is Cc1c([N+](=O)[O-])cc2[nH]c(=O)c(=O)[nH]c2c1CN1C(C)CCC1C. The van der Waals surface area contributed by atoms with Gasteiger partial charge in [0.1, 0.15) is 0 Å². The largest absolute Gasteiger partial charge is 0.316 e. The van der Waals surface area contributed by atoms with Crippen LogP contribution in [0.15, 0.2) is 15.7 Å². The second-order valence-corrected chi connectivity index (χ2v) is 6.53. The summed E-state index contributed by atoms with van der Waals surface area (Å²) >= 11 is 0. The van der Waals surface area contributed by atoms with Crippen LogP contribution in [0.5, 0.6) is 0 Å². The molecule has 0 aliphatic carbocycles. The number of nitrogens with one attached hydrogen (secondary N) is 2. The van der Waals surface area contributed by atoms with Crippen LogP contribution in [0.4, 0.5) is 5.69 Å². The van der Waals surface area contributed by atoms with Crippen LogP contribution in [0.2, 0.25) is 0 Å². The van der Waals surface area contributed by atoms with Crippen LogP contribution in [-0.2, 0) is 6.54 Å². The van der Waals surface area contributed by atoms with Crippen LogP contribution in [-0.4, -0.2) is 31.9 Å². The van der Waals surface area contributed by atoms with Gasteiger partial charge in [-0.2, -0.15) is 0 Å². The van der Waals surface area contributed by atoms with Crippen LogP contribution < -0.4 is 11.1 Å². The van der Waals surface area contributed by atoms with Gasteiger partial charge >= 0.3 is 11.1 Å². The average Bonchev–Trinajstić information content (AvgIpc) is 2.83. The van der Waals surface area contributed by atoms with Crippen LogP contribution in [0, 0.1) is 17.0 Å². The highest BCUT2D eigenvalue weighted by Crippen LogP contribution is 2.32. The van der Waals surface area contributed by atoms with Crippen LogP contribution in [0.25, 0.3) is 11.0 Å². The van der Waals surface area contributed by atoms with Crippen LogP contribution in [0.3, 0.4) is 0 Å². The molecule has 2 aromatic rings. The number of nitrogens with zero attached hydrogens (tertiary/aromatic N) is 2. The van der Waals surface area contributed by atoms with Crippen molar-refractivity contribution in [1.82, 2.24) is 14.9 Å². The summed E-state index contributed by atoms with van der Waals surface area (Å²) in [6.07, 6.45) is 2.14. The van der Waals surface area contributed by atoms with E-state index in [4.69, 9.17) is 0 Å². The highest BCUT2D eigenvalue weighted by Gasteiger charge is 2.29. The third-order valence-corrected chi connectivity index (χ3v) is 5.05. The van der Waals surface area contributed by atoms with Gasteiger partial charge in [-0.25, -0.2) is 0 Å². The minimum absolute atomic E-state index is 0.0558. The Bertz CT molecular complexity index is 920. The molecule has 8 heteroatoms. The molecule has 2 N–H and O–H groups in total. The molecule has 0 saturated carbocycles. The molecule has 0 bridgehead atoms. The number of fused-ring (bicyclic) bond motifs is 1. The third-order valence-electron chi connectivity index (χ3n) is 5.05. The first-order valence-corrected chi connectivity index (χ1v) is 7.98. The van der Waals surface area contributed by atoms with E-state index < -0.39 is 16.0 Å². The van der Waals surface area contributed by atoms with Gasteiger partial charge in [0.25, 0.3) is 5.69 Å². The molecule has 2 unspecified atom stereocenters. The molecule has 0 spiro atoms. The molecule has 2 atom stereocenters. The van der Waals surface area contributed by atoms with Gasteiger partial charge in [-0.3, -0.25) is 24.6 Å². The predicted octanol–water partition coefficient (Wildman–Crippen LogP) is 1.81. The lowest BCUT2D eigenvalue weighted by Crippen LogP contribution is -2.33. The predicted molar refractivity (Wildman–Crippen MR) is 90.3 cm³/mol. The van der Waals surface area contributed by atoms with Gasteiger partial charge in [-0.05, 0) is 33.6 Å². The number of hydrogen-bond donors (Lipinski definition) is 2. The van der Waals surface area contributed by atoms with E-state index in [1.807, 2.05) is 0 Å². The summed E-state index contributed by atoms with van der Waals surface area (Å²) in [5.74, 6) is 0. The van der Waals surface area contributed by atoms with Crippen molar-refractivity contribution in [3.8, 4) is 0 Å². The minimum atomic E-state index is -0.811. The van der Waals surface area contributed by atoms with Gasteiger partial charge in [-0.15, -0.1) is 0 Å². The summed E-state index contributed by atoms with van der Waals surface area (Å²) in [5.41, 5.74) is 0.337. The molecule has 1 saturated heterocycles. The molecule has 1 aromatic carbocycles. The summed E-state index contributed by atoms with van der Waals surface area (Å²) in [5, 5.41) is 11.4. The van der Waals surface area contributed by atoms with E-state index in [2.05, 4.69) is 28.7 Å². The van der Waals surface area contributed by atoms with Crippen LogP contribution in [0.1, 0.15) is 37.8 Å². The number of benzene rings is 1. The molecular formula is C16H20N4O4. The van der Waals surface area contributed by atoms with Crippen molar-refractivity contribution in [2.24, 2.45) is 0 Å². The smallest absolute Gasteiger partial charge is 0.314 e. The lowest BCUT2D eigenvalue weighted by Gasteiger charge is -2.27. The molecule has 0 amide bonds. The van der Waals surface area contributed by atoms with E-state index in [1.54, 1.807) is 6.92 Å². The van der Waals surface area contributed by atoms with Crippen molar-refractivity contribution in [3.63, 3.8) is 0 Å². The second kappa shape index (κ2) is 5.86. The van der Waals surface area contributed by atoms with Crippen molar-refractivity contribution >= 4 is 16.7 Å². The van der Waals surface area contributed by atoms with Gasteiger partial charge < -0.3 is 9.97 Å². The van der Waals surface area contributed by atoms with Crippen molar-refractivity contribution in [3.05, 3.63) is 48.0 Å². The lowest BCUT2D eigenvalue weighted by molar-refractivity contribution is -0.385. The van der Waals surface area contributed by atoms with E-state index in [-0.39, 0.29) is 11.2 Å². The first-order chi connectivity index (χ1) is 11.3. The van der Waals surface area contributed by atoms with E-state index in [1.165, 1.54) is 6.07 Å². The standard InChI is InChI=1S/C16H20N4O4/c1-8-4-5-9(2)19(8)7-11-10(3)13(20(23)24)6-12-14(11)18-16(22)15(21)17-12/h6,8-9H,4-5,7H2,1-3H3,(H,17,21)(H,18,22). The molecule has 1 fully saturated rings. The van der Waals surface area contributed by atoms with Crippen molar-refractivity contribution < 1.29 is 4.92 Å². The number of nitro groups is 1. The molecule has 128 valence electrons. The van der Waals surface area contributed by atoms with Gasteiger partial charge in [0, 0.05) is 35.8 Å². The Balaban J connectivity index is 2.25. The molecule has 1 aliphatic rings. The Kier molecular flexibility index (Phi) is 4.00. The van der Waals surface area contributed by atoms with Gasteiger partial charge in [0.05, 0.1) is 16.0 Å². The fraction of sp³-hybridized carbons (Fsp3) is 0.500. The normalized spacial score (nSPS) is 21.5. The van der Waals surface area contributed by atoms with E-state index in [0.717, 1.165) is 12.8 Å². The van der Waals surface area contributed by atoms with Gasteiger partial charge in [0.15, 0.2) is 0 Å². The Morgan fingerprint density at radius 3 is 2.38 bits per heavy atom. The van der Waals surface area contributed by atoms with Gasteiger partial charge in [0.2, 0.25) is 0 Å². The second-order valence-electron chi connectivity index (χ2n) is 6.53. The summed E-state index contributed by atoms with van der Waals surface area (Å²) in [6.45, 7) is 6.43. The first kappa shape index (κ1) is 16.4. The lowest BCUT2D eigenvalue weighted by atomic mass is 10.0. The molecule has 2 heterocycles. The van der Waals surface area contributed by atoms with E-state index >= 15 is 0 Å². The maximum atomic E-state index is 11.7. The van der Waals surface area contributed by atoms with Crippen molar-refractivity contribution in [1.29, 1.82) is 0 Å². The Hall–Kier alpha value is -2.48. The molecule has 1 aliphatic heterocycles. The minimum Gasteiger partial charge on any atom is -0.316 e. The quantitative estimate of drug-likeness (QED) is 0.506. The highest BCUT2D eigenvalue weighted by atomic mass is 16.6. The summed E-state index contributed by atoms with van der Waals surface area (Å²) < 4.78 is 0. The van der Waals surface area contributed by atoms with Crippen molar-refractivity contribution in [2.75, 3.05) is 0 Å². The average molecular weight is 332 g/mol. The monoisotopic (exact) mass is 332 g/mol. The fourth-order valence-corrected chi connectivity index (χ4v) is 3.54. The zero-order chi connectivity index (χ0) is 17.6. The topological polar surface area (TPSA) is 112 Å². The van der Waals surface area contributed by atoms with Crippen molar-refractivity contribution in [2.45, 2.75) is 52.2 Å². The zero-order valence-electron chi connectivity index (χ0n) is 13.9. The number of rotatable bonds is 3. The number of hydrogen-bond acceptors (Lipinski definition) is 5. The molecular weight excluding hydrogens is 312 g/mol. The first-order valence-electron chi connectivity index (χ1n) is 7.98. The van der Waals surface area contributed by atoms with Crippen LogP contribution >= 0.6 is 0 Å². The summed E-state index contributed by atoms with van der Waals surface area (Å²) in [7, 11) is 0. The molecule has 3 rings (SSSR count). The Morgan fingerprint density at radius 1 is 1.21 bits per heavy atom. The zero-order valence-corrected chi connectivity index (χ0v) is 13.9. The maximum absolute atomic E-state index is 11.7. The number of likely N-dealkylation sites (tertiary alicyclic amines) is 1. The number of H-pyrrole nitrogens is 2. The van der Waals surface area contributed by atoms with Gasteiger partial charge in [-0.1, -0.05) is 0 Å². The summed E-state index contributed by atoms with van der Waals surface area (Å²) in [6, 6.07) is 2.04. The molecule has 1 aromatic heterocycles.